The molecule has 0 unspecified atom stereocenters. The van der Waals surface area contributed by atoms with Gasteiger partial charge in [-0.05, 0) is 12.1 Å². The molecule has 0 aliphatic carbocycles. The molecule has 0 spiro atoms. The Bertz CT molecular complexity index is 493. The second kappa shape index (κ2) is 3.31. The number of halogens is 1. The predicted octanol–water partition coefficient (Wildman–Crippen LogP) is 1.77. The second-order valence-corrected chi connectivity index (χ2v) is 3.06. The van der Waals surface area contributed by atoms with Crippen molar-refractivity contribution < 1.29 is 9.53 Å². The summed E-state index contributed by atoms with van der Waals surface area (Å²) in [7, 11) is 1.32. The van der Waals surface area contributed by atoms with Crippen molar-refractivity contribution in [1.29, 1.82) is 0 Å². The summed E-state index contributed by atoms with van der Waals surface area (Å²) in [6.45, 7) is 0. The standard InChI is InChI=1S/C9H7ClN2O2/c1-14-9(13)6-5-11-8-4-2-3-7(10)12(6)8/h2-5H,1H3. The van der Waals surface area contributed by atoms with Gasteiger partial charge in [-0.1, -0.05) is 17.7 Å². The van der Waals surface area contributed by atoms with Crippen molar-refractivity contribution >= 4 is 23.2 Å². The molecule has 0 atom stereocenters. The fraction of sp³-hybridized carbons (Fsp3) is 0.111. The van der Waals surface area contributed by atoms with Gasteiger partial charge < -0.3 is 4.74 Å². The molecule has 72 valence electrons. The predicted molar refractivity (Wildman–Crippen MR) is 51.5 cm³/mol. The molecule has 0 bridgehead atoms. The van der Waals surface area contributed by atoms with Gasteiger partial charge in [0.15, 0.2) is 5.69 Å². The van der Waals surface area contributed by atoms with Crippen LogP contribution in [-0.4, -0.2) is 22.5 Å². The van der Waals surface area contributed by atoms with Crippen LogP contribution in [0.4, 0.5) is 0 Å². The first-order chi connectivity index (χ1) is 6.74. The van der Waals surface area contributed by atoms with Gasteiger partial charge in [-0.2, -0.15) is 0 Å². The molecule has 0 N–H and O–H groups in total. The normalized spacial score (nSPS) is 10.4. The van der Waals surface area contributed by atoms with E-state index >= 15 is 0 Å². The van der Waals surface area contributed by atoms with E-state index in [2.05, 4.69) is 9.72 Å². The van der Waals surface area contributed by atoms with Gasteiger partial charge in [0.25, 0.3) is 0 Å². The summed E-state index contributed by atoms with van der Waals surface area (Å²) in [6.07, 6.45) is 1.44. The van der Waals surface area contributed by atoms with E-state index in [0.717, 1.165) is 0 Å². The lowest BCUT2D eigenvalue weighted by molar-refractivity contribution is 0.0593. The van der Waals surface area contributed by atoms with E-state index in [1.165, 1.54) is 17.7 Å². The van der Waals surface area contributed by atoms with E-state index < -0.39 is 5.97 Å². The number of aromatic nitrogens is 2. The maximum absolute atomic E-state index is 11.3. The quantitative estimate of drug-likeness (QED) is 0.532. The van der Waals surface area contributed by atoms with Crippen LogP contribution in [0, 0.1) is 0 Å². The Morgan fingerprint density at radius 2 is 2.36 bits per heavy atom. The van der Waals surface area contributed by atoms with Crippen LogP contribution in [-0.2, 0) is 4.74 Å². The summed E-state index contributed by atoms with van der Waals surface area (Å²) >= 11 is 5.92. The zero-order chi connectivity index (χ0) is 10.1. The number of hydrogen-bond acceptors (Lipinski definition) is 3. The Morgan fingerprint density at radius 1 is 1.57 bits per heavy atom. The molecular formula is C9H7ClN2O2. The number of rotatable bonds is 1. The minimum absolute atomic E-state index is 0.327. The number of fused-ring (bicyclic) bond motifs is 1. The van der Waals surface area contributed by atoms with Crippen LogP contribution in [0.2, 0.25) is 5.15 Å². The average Bonchev–Trinajstić information content (AvgIpc) is 2.62. The van der Waals surface area contributed by atoms with Crippen molar-refractivity contribution in [2.45, 2.75) is 0 Å². The smallest absolute Gasteiger partial charge is 0.356 e. The number of methoxy groups -OCH3 is 1. The molecule has 0 aliphatic heterocycles. The minimum atomic E-state index is -0.453. The fourth-order valence-electron chi connectivity index (χ4n) is 1.24. The topological polar surface area (TPSA) is 43.6 Å². The minimum Gasteiger partial charge on any atom is -0.464 e. The van der Waals surface area contributed by atoms with Crippen LogP contribution in [0.5, 0.6) is 0 Å². The van der Waals surface area contributed by atoms with Crippen LogP contribution < -0.4 is 0 Å². The number of ether oxygens (including phenoxy) is 1. The molecule has 0 saturated carbocycles. The second-order valence-electron chi connectivity index (χ2n) is 2.68. The van der Waals surface area contributed by atoms with Gasteiger partial charge in [0.1, 0.15) is 10.8 Å². The molecule has 2 aromatic rings. The molecule has 14 heavy (non-hydrogen) atoms. The molecule has 0 aromatic carbocycles. The highest BCUT2D eigenvalue weighted by atomic mass is 35.5. The lowest BCUT2D eigenvalue weighted by Gasteiger charge is -2.01. The third-order valence-electron chi connectivity index (χ3n) is 1.88. The van der Waals surface area contributed by atoms with Crippen molar-refractivity contribution in [2.24, 2.45) is 0 Å². The molecule has 2 heterocycles. The number of carbonyl (C=O) groups is 1. The number of carbonyl (C=O) groups excluding carboxylic acids is 1. The van der Waals surface area contributed by atoms with Crippen LogP contribution in [0.25, 0.3) is 5.65 Å². The largest absolute Gasteiger partial charge is 0.464 e. The Morgan fingerprint density at radius 3 is 3.07 bits per heavy atom. The first-order valence-electron chi connectivity index (χ1n) is 3.94. The van der Waals surface area contributed by atoms with Gasteiger partial charge >= 0.3 is 5.97 Å². The van der Waals surface area contributed by atoms with Crippen LogP contribution in [0.3, 0.4) is 0 Å². The molecule has 0 amide bonds. The van der Waals surface area contributed by atoms with E-state index in [9.17, 15) is 4.79 Å². The summed E-state index contributed by atoms with van der Waals surface area (Å²) in [6, 6.07) is 5.22. The number of imidazole rings is 1. The van der Waals surface area contributed by atoms with E-state index in [1.54, 1.807) is 18.2 Å². The van der Waals surface area contributed by atoms with E-state index in [4.69, 9.17) is 11.6 Å². The highest BCUT2D eigenvalue weighted by Crippen LogP contribution is 2.15. The molecule has 2 aromatic heterocycles. The van der Waals surface area contributed by atoms with E-state index in [0.29, 0.717) is 16.5 Å². The fourth-order valence-corrected chi connectivity index (χ4v) is 1.50. The molecule has 0 aliphatic rings. The van der Waals surface area contributed by atoms with Gasteiger partial charge in [0.05, 0.1) is 13.3 Å². The van der Waals surface area contributed by atoms with Crippen molar-refractivity contribution in [3.63, 3.8) is 0 Å². The van der Waals surface area contributed by atoms with Crippen molar-refractivity contribution in [3.05, 3.63) is 35.2 Å². The summed E-state index contributed by atoms with van der Waals surface area (Å²) < 4.78 is 6.13. The van der Waals surface area contributed by atoms with E-state index in [-0.39, 0.29) is 0 Å². The first-order valence-corrected chi connectivity index (χ1v) is 4.32. The summed E-state index contributed by atoms with van der Waals surface area (Å²) in [4.78, 5) is 15.3. The number of esters is 1. The highest BCUT2D eigenvalue weighted by Gasteiger charge is 2.13. The van der Waals surface area contributed by atoms with Crippen molar-refractivity contribution in [3.8, 4) is 0 Å². The molecule has 4 nitrogen and oxygen atoms in total. The van der Waals surface area contributed by atoms with Crippen LogP contribution in [0.15, 0.2) is 24.4 Å². The van der Waals surface area contributed by atoms with Crippen LogP contribution in [0.1, 0.15) is 10.5 Å². The maximum Gasteiger partial charge on any atom is 0.356 e. The van der Waals surface area contributed by atoms with Gasteiger partial charge in [-0.25, -0.2) is 9.78 Å². The number of hydrogen-bond donors (Lipinski definition) is 0. The number of nitrogens with zero attached hydrogens (tertiary/aromatic N) is 2. The highest BCUT2D eigenvalue weighted by molar-refractivity contribution is 6.30. The van der Waals surface area contributed by atoms with Gasteiger partial charge in [0, 0.05) is 0 Å². The molecule has 0 fully saturated rings. The van der Waals surface area contributed by atoms with E-state index in [1.807, 2.05) is 0 Å². The average molecular weight is 211 g/mol. The third kappa shape index (κ3) is 1.24. The Labute approximate surface area is 85.1 Å². The van der Waals surface area contributed by atoms with Crippen molar-refractivity contribution in [2.75, 3.05) is 7.11 Å². The van der Waals surface area contributed by atoms with Gasteiger partial charge in [0.2, 0.25) is 0 Å². The Balaban J connectivity index is 2.73. The zero-order valence-electron chi connectivity index (χ0n) is 7.40. The molecule has 2 rings (SSSR count). The van der Waals surface area contributed by atoms with Crippen molar-refractivity contribution in [1.82, 2.24) is 9.38 Å². The maximum atomic E-state index is 11.3. The monoisotopic (exact) mass is 210 g/mol. The summed E-state index contributed by atoms with van der Waals surface area (Å²) in [5.41, 5.74) is 0.950. The lowest BCUT2D eigenvalue weighted by Crippen LogP contribution is -2.05. The summed E-state index contributed by atoms with van der Waals surface area (Å²) in [5, 5.41) is 0.431. The first kappa shape index (κ1) is 9.02. The molecule has 0 radical (unpaired) electrons. The third-order valence-corrected chi connectivity index (χ3v) is 2.17. The molecule has 0 saturated heterocycles. The van der Waals surface area contributed by atoms with Gasteiger partial charge in [-0.3, -0.25) is 4.40 Å². The molecular weight excluding hydrogens is 204 g/mol. The SMILES string of the molecule is COC(=O)c1cnc2cccc(Cl)n12. The Hall–Kier alpha value is -1.55. The van der Waals surface area contributed by atoms with Crippen LogP contribution >= 0.6 is 11.6 Å². The lowest BCUT2D eigenvalue weighted by atomic mass is 10.4. The number of pyridine rings is 1. The Kier molecular flexibility index (Phi) is 2.13. The van der Waals surface area contributed by atoms with Gasteiger partial charge in [-0.15, -0.1) is 0 Å². The molecule has 5 heteroatoms. The summed E-state index contributed by atoms with van der Waals surface area (Å²) in [5.74, 6) is -0.453. The zero-order valence-corrected chi connectivity index (χ0v) is 8.15.